The summed E-state index contributed by atoms with van der Waals surface area (Å²) in [4.78, 5) is 27.8. The smallest absolute Gasteiger partial charge is 0.407 e. The Hall–Kier alpha value is -2.04. The molecule has 0 aliphatic rings. The number of alkyl carbamates (subject to hydrolysis) is 1. The summed E-state index contributed by atoms with van der Waals surface area (Å²) in [7, 11) is 1.60. The quantitative estimate of drug-likeness (QED) is 0.197. The number of hydrogen-bond acceptors (Lipinski definition) is 4. The summed E-state index contributed by atoms with van der Waals surface area (Å²) in [5.41, 5.74) is 1.02. The van der Waals surface area contributed by atoms with Crippen LogP contribution in [-0.4, -0.2) is 50.2 Å². The number of carbonyl (C=O) groups excluding carboxylic acids is 2. The van der Waals surface area contributed by atoms with Crippen molar-refractivity contribution >= 4 is 41.9 Å². The molecule has 0 fully saturated rings. The summed E-state index contributed by atoms with van der Waals surface area (Å²) in [6, 6.07) is 7.33. The first-order chi connectivity index (χ1) is 12.7. The minimum atomic E-state index is -0.517. The fourth-order valence-corrected chi connectivity index (χ4v) is 2.13. The molecule has 8 nitrogen and oxygen atoms in total. The number of hydrogen-bond donors (Lipinski definition) is 4. The average Bonchev–Trinajstić information content (AvgIpc) is 2.61. The molecule has 1 rings (SSSR count). The number of benzene rings is 1. The zero-order valence-corrected chi connectivity index (χ0v) is 19.5. The van der Waals surface area contributed by atoms with Crippen LogP contribution >= 0.6 is 24.0 Å². The van der Waals surface area contributed by atoms with Crippen molar-refractivity contribution in [2.75, 3.05) is 26.7 Å². The van der Waals surface area contributed by atoms with Gasteiger partial charge in [0.1, 0.15) is 5.60 Å². The predicted molar refractivity (Wildman–Crippen MR) is 122 cm³/mol. The molecule has 0 atom stereocenters. The molecule has 1 aromatic rings. The summed E-state index contributed by atoms with van der Waals surface area (Å²) in [5, 5.41) is 11.6. The van der Waals surface area contributed by atoms with Gasteiger partial charge < -0.3 is 26.0 Å². The fraction of sp³-hybridized carbons (Fsp3) is 0.526. The monoisotopic (exact) mass is 505 g/mol. The van der Waals surface area contributed by atoms with Gasteiger partial charge in [0.05, 0.1) is 6.54 Å². The first-order valence-corrected chi connectivity index (χ1v) is 9.05. The van der Waals surface area contributed by atoms with Gasteiger partial charge in [0.2, 0.25) is 0 Å². The number of ether oxygens (including phenoxy) is 1. The number of nitrogens with zero attached hydrogens (tertiary/aromatic N) is 1. The largest absolute Gasteiger partial charge is 0.444 e. The second-order valence-corrected chi connectivity index (χ2v) is 6.83. The molecule has 4 N–H and O–H groups in total. The molecule has 0 saturated heterocycles. The van der Waals surface area contributed by atoms with Crippen LogP contribution in [0.25, 0.3) is 0 Å². The van der Waals surface area contributed by atoms with Crippen LogP contribution in [0.2, 0.25) is 0 Å². The van der Waals surface area contributed by atoms with Gasteiger partial charge in [-0.15, -0.1) is 24.0 Å². The van der Waals surface area contributed by atoms with Crippen LogP contribution in [0.1, 0.15) is 43.6 Å². The van der Waals surface area contributed by atoms with Crippen molar-refractivity contribution in [1.29, 1.82) is 0 Å². The summed E-state index contributed by atoms with van der Waals surface area (Å²) < 4.78 is 5.18. The molecule has 28 heavy (non-hydrogen) atoms. The van der Waals surface area contributed by atoms with Gasteiger partial charge in [0.25, 0.3) is 5.91 Å². The molecule has 2 amide bonds. The molecule has 1 aromatic carbocycles. The molecule has 0 unspecified atom stereocenters. The summed E-state index contributed by atoms with van der Waals surface area (Å²) in [5.74, 6) is 0.507. The van der Waals surface area contributed by atoms with Gasteiger partial charge in [-0.3, -0.25) is 4.79 Å². The summed E-state index contributed by atoms with van der Waals surface area (Å²) >= 11 is 0. The van der Waals surface area contributed by atoms with Gasteiger partial charge in [-0.1, -0.05) is 12.1 Å². The van der Waals surface area contributed by atoms with Crippen molar-refractivity contribution in [2.24, 2.45) is 4.99 Å². The Labute approximate surface area is 184 Å². The normalized spacial score (nSPS) is 11.1. The van der Waals surface area contributed by atoms with E-state index in [-0.39, 0.29) is 29.9 Å². The predicted octanol–water partition coefficient (Wildman–Crippen LogP) is 2.24. The highest BCUT2D eigenvalue weighted by atomic mass is 127. The van der Waals surface area contributed by atoms with Gasteiger partial charge in [-0.2, -0.15) is 0 Å². The standard InChI is InChI=1S/C19H31N5O3.HI/c1-6-21-17(22-10-11-23-18(26)27-19(2,3)4)24-13-14-8-7-9-15(12-14)16(25)20-5;/h7-9,12H,6,10-11,13H2,1-5H3,(H,20,25)(H,23,26)(H2,21,22,24);1H. The number of halogens is 1. The average molecular weight is 505 g/mol. The Bertz CT molecular complexity index is 659. The van der Waals surface area contributed by atoms with E-state index >= 15 is 0 Å². The number of guanidine groups is 1. The topological polar surface area (TPSA) is 104 Å². The van der Waals surface area contributed by atoms with Crippen LogP contribution < -0.4 is 21.3 Å². The lowest BCUT2D eigenvalue weighted by molar-refractivity contribution is 0.0528. The number of rotatable bonds is 7. The number of aliphatic imine (C=N–C) groups is 1. The zero-order chi connectivity index (χ0) is 20.3. The molecular formula is C19H32IN5O3. The Morgan fingerprint density at radius 1 is 1.11 bits per heavy atom. The van der Waals surface area contributed by atoms with Gasteiger partial charge >= 0.3 is 6.09 Å². The van der Waals surface area contributed by atoms with Crippen LogP contribution in [0.5, 0.6) is 0 Å². The van der Waals surface area contributed by atoms with Crippen molar-refractivity contribution < 1.29 is 14.3 Å². The summed E-state index contributed by atoms with van der Waals surface area (Å²) in [6.07, 6.45) is -0.447. The Morgan fingerprint density at radius 2 is 1.79 bits per heavy atom. The van der Waals surface area contributed by atoms with E-state index in [1.807, 2.05) is 45.9 Å². The first kappa shape index (κ1) is 26.0. The van der Waals surface area contributed by atoms with Crippen LogP contribution in [0.3, 0.4) is 0 Å². The van der Waals surface area contributed by atoms with E-state index in [4.69, 9.17) is 4.74 Å². The Morgan fingerprint density at radius 3 is 2.39 bits per heavy atom. The van der Waals surface area contributed by atoms with Crippen molar-refractivity contribution in [1.82, 2.24) is 21.3 Å². The van der Waals surface area contributed by atoms with E-state index in [9.17, 15) is 9.59 Å². The second kappa shape index (κ2) is 13.2. The van der Waals surface area contributed by atoms with Crippen molar-refractivity contribution in [2.45, 2.75) is 39.8 Å². The van der Waals surface area contributed by atoms with E-state index in [1.165, 1.54) is 0 Å². The maximum atomic E-state index is 11.7. The molecule has 0 aliphatic heterocycles. The maximum Gasteiger partial charge on any atom is 0.407 e. The van der Waals surface area contributed by atoms with Crippen molar-refractivity contribution in [3.05, 3.63) is 35.4 Å². The third kappa shape index (κ3) is 11.0. The van der Waals surface area contributed by atoms with Crippen molar-refractivity contribution in [3.63, 3.8) is 0 Å². The molecule has 0 saturated carbocycles. The van der Waals surface area contributed by atoms with Gasteiger partial charge in [0, 0.05) is 32.2 Å². The number of amides is 2. The molecule has 158 valence electrons. The minimum Gasteiger partial charge on any atom is -0.444 e. The lowest BCUT2D eigenvalue weighted by atomic mass is 10.1. The molecule has 0 aliphatic carbocycles. The van der Waals surface area contributed by atoms with Gasteiger partial charge in [-0.25, -0.2) is 9.79 Å². The van der Waals surface area contributed by atoms with E-state index in [1.54, 1.807) is 13.1 Å². The Kier molecular flexibility index (Phi) is 12.2. The van der Waals surface area contributed by atoms with Crippen LogP contribution in [0.15, 0.2) is 29.3 Å². The van der Waals surface area contributed by atoms with E-state index in [2.05, 4.69) is 26.3 Å². The summed E-state index contributed by atoms with van der Waals surface area (Å²) in [6.45, 7) is 9.49. The minimum absolute atomic E-state index is 0. The zero-order valence-electron chi connectivity index (χ0n) is 17.2. The molecule has 0 heterocycles. The SMILES string of the molecule is CCNC(=NCc1cccc(C(=O)NC)c1)NCCNC(=O)OC(C)(C)C.I. The first-order valence-electron chi connectivity index (χ1n) is 9.05. The van der Waals surface area contributed by atoms with Gasteiger partial charge in [0.15, 0.2) is 5.96 Å². The van der Waals surface area contributed by atoms with E-state index < -0.39 is 11.7 Å². The lowest BCUT2D eigenvalue weighted by Crippen LogP contribution is -2.42. The third-order valence-corrected chi connectivity index (χ3v) is 3.27. The van der Waals surface area contributed by atoms with Crippen molar-refractivity contribution in [3.8, 4) is 0 Å². The van der Waals surface area contributed by atoms with Crippen LogP contribution in [0.4, 0.5) is 4.79 Å². The highest BCUT2D eigenvalue weighted by Gasteiger charge is 2.15. The van der Waals surface area contributed by atoms with E-state index in [0.29, 0.717) is 37.7 Å². The fourth-order valence-electron chi connectivity index (χ4n) is 2.13. The molecule has 9 heteroatoms. The molecule has 0 spiro atoms. The molecule has 0 aromatic heterocycles. The molecular weight excluding hydrogens is 473 g/mol. The highest BCUT2D eigenvalue weighted by molar-refractivity contribution is 14.0. The molecule has 0 bridgehead atoms. The number of nitrogens with one attached hydrogen (secondary N) is 4. The lowest BCUT2D eigenvalue weighted by Gasteiger charge is -2.19. The number of carbonyl (C=O) groups is 2. The third-order valence-electron chi connectivity index (χ3n) is 3.27. The second-order valence-electron chi connectivity index (χ2n) is 6.83. The van der Waals surface area contributed by atoms with E-state index in [0.717, 1.165) is 5.56 Å². The van der Waals surface area contributed by atoms with Crippen LogP contribution in [-0.2, 0) is 11.3 Å². The molecule has 0 radical (unpaired) electrons. The van der Waals surface area contributed by atoms with Gasteiger partial charge in [-0.05, 0) is 45.4 Å². The van der Waals surface area contributed by atoms with Crippen LogP contribution in [0, 0.1) is 0 Å². The maximum absolute atomic E-state index is 11.7. The highest BCUT2D eigenvalue weighted by Crippen LogP contribution is 2.07. The Balaban J connectivity index is 0.00000729.